The topological polar surface area (TPSA) is 15.7 Å². The van der Waals surface area contributed by atoms with Gasteiger partial charge in [-0.05, 0) is 49.9 Å². The van der Waals surface area contributed by atoms with Gasteiger partial charge in [-0.25, -0.2) is 0 Å². The average molecular weight is 274 g/mol. The first-order valence-electron chi connectivity index (χ1n) is 7.93. The normalized spacial score (nSPS) is 24.2. The molecule has 110 valence electrons. The summed E-state index contributed by atoms with van der Waals surface area (Å²) in [6, 6.07) is 8.87. The molecule has 0 N–H and O–H groups in total. The van der Waals surface area contributed by atoms with Crippen molar-refractivity contribution >= 4 is 5.69 Å². The quantitative estimate of drug-likeness (QED) is 0.839. The summed E-state index contributed by atoms with van der Waals surface area (Å²) in [5.41, 5.74) is 2.74. The maximum atomic E-state index is 5.46. The molecule has 0 spiro atoms. The number of aryl methyl sites for hydroxylation is 1. The van der Waals surface area contributed by atoms with E-state index in [2.05, 4.69) is 41.0 Å². The predicted octanol–water partition coefficient (Wildman–Crippen LogP) is 2.54. The number of anilines is 1. The number of benzene rings is 1. The largest absolute Gasteiger partial charge is 0.381 e. The molecule has 3 rings (SSSR count). The van der Waals surface area contributed by atoms with Gasteiger partial charge in [-0.2, -0.15) is 0 Å². The number of rotatable bonds is 4. The lowest BCUT2D eigenvalue weighted by Gasteiger charge is -2.36. The third-order valence-corrected chi connectivity index (χ3v) is 4.62. The Labute approximate surface area is 122 Å². The van der Waals surface area contributed by atoms with Crippen LogP contribution in [0.15, 0.2) is 24.3 Å². The van der Waals surface area contributed by atoms with Gasteiger partial charge in [0.25, 0.3) is 0 Å². The van der Waals surface area contributed by atoms with Gasteiger partial charge in [0.2, 0.25) is 0 Å². The number of hydrogen-bond acceptors (Lipinski definition) is 3. The summed E-state index contributed by atoms with van der Waals surface area (Å²) in [4.78, 5) is 5.13. The summed E-state index contributed by atoms with van der Waals surface area (Å²) in [5, 5.41) is 0. The van der Waals surface area contributed by atoms with Crippen molar-refractivity contribution in [3.05, 3.63) is 29.8 Å². The number of piperazine rings is 1. The van der Waals surface area contributed by atoms with Crippen LogP contribution >= 0.6 is 0 Å². The van der Waals surface area contributed by atoms with Crippen molar-refractivity contribution in [2.24, 2.45) is 5.92 Å². The summed E-state index contributed by atoms with van der Waals surface area (Å²) in [6.07, 6.45) is 2.58. The fourth-order valence-corrected chi connectivity index (χ4v) is 3.23. The zero-order chi connectivity index (χ0) is 13.8. The molecule has 0 unspecified atom stereocenters. The summed E-state index contributed by atoms with van der Waals surface area (Å²) in [5.74, 6) is 0.810. The highest BCUT2D eigenvalue weighted by molar-refractivity contribution is 5.48. The molecule has 2 aliphatic rings. The molecular weight excluding hydrogens is 248 g/mol. The summed E-state index contributed by atoms with van der Waals surface area (Å²) in [6.45, 7) is 10.1. The second-order valence-electron chi connectivity index (χ2n) is 6.19. The van der Waals surface area contributed by atoms with Crippen LogP contribution in [0.5, 0.6) is 0 Å². The lowest BCUT2D eigenvalue weighted by atomic mass is 10.0. The highest BCUT2D eigenvalue weighted by Crippen LogP contribution is 2.20. The van der Waals surface area contributed by atoms with Crippen LogP contribution < -0.4 is 4.90 Å². The minimum Gasteiger partial charge on any atom is -0.381 e. The molecule has 0 aromatic heterocycles. The number of hydrogen-bond donors (Lipinski definition) is 0. The molecule has 2 aliphatic heterocycles. The van der Waals surface area contributed by atoms with Crippen molar-refractivity contribution in [3.8, 4) is 0 Å². The van der Waals surface area contributed by atoms with E-state index in [1.807, 2.05) is 0 Å². The molecule has 1 aromatic carbocycles. The van der Waals surface area contributed by atoms with Crippen LogP contribution in [-0.2, 0) is 4.74 Å². The zero-order valence-electron chi connectivity index (χ0n) is 12.6. The van der Waals surface area contributed by atoms with Crippen LogP contribution in [0.2, 0.25) is 0 Å². The lowest BCUT2D eigenvalue weighted by molar-refractivity contribution is 0.176. The van der Waals surface area contributed by atoms with E-state index in [-0.39, 0.29) is 0 Å². The minimum absolute atomic E-state index is 0.810. The molecule has 0 amide bonds. The molecule has 1 atom stereocenters. The Balaban J connectivity index is 1.44. The molecular formula is C17H26N2O. The Kier molecular flexibility index (Phi) is 4.58. The van der Waals surface area contributed by atoms with Gasteiger partial charge in [-0.15, -0.1) is 0 Å². The van der Waals surface area contributed by atoms with Gasteiger partial charge in [0, 0.05) is 45.1 Å². The number of nitrogens with zero attached hydrogens (tertiary/aromatic N) is 2. The second kappa shape index (κ2) is 6.59. The van der Waals surface area contributed by atoms with Crippen molar-refractivity contribution < 1.29 is 4.74 Å². The van der Waals surface area contributed by atoms with Crippen LogP contribution in [0.3, 0.4) is 0 Å². The third-order valence-electron chi connectivity index (χ3n) is 4.62. The highest BCUT2D eigenvalue weighted by Gasteiger charge is 2.20. The van der Waals surface area contributed by atoms with E-state index in [1.165, 1.54) is 43.7 Å². The maximum Gasteiger partial charge on any atom is 0.0495 e. The fraction of sp³-hybridized carbons (Fsp3) is 0.647. The lowest BCUT2D eigenvalue weighted by Crippen LogP contribution is -2.46. The van der Waals surface area contributed by atoms with E-state index in [0.717, 1.165) is 32.2 Å². The van der Waals surface area contributed by atoms with E-state index >= 15 is 0 Å². The van der Waals surface area contributed by atoms with E-state index in [4.69, 9.17) is 4.74 Å². The zero-order valence-corrected chi connectivity index (χ0v) is 12.6. The Morgan fingerprint density at radius 1 is 1.20 bits per heavy atom. The molecule has 0 aliphatic carbocycles. The second-order valence-corrected chi connectivity index (χ2v) is 6.19. The van der Waals surface area contributed by atoms with E-state index in [9.17, 15) is 0 Å². The first-order chi connectivity index (χ1) is 9.81. The summed E-state index contributed by atoms with van der Waals surface area (Å²) in [7, 11) is 0. The third kappa shape index (κ3) is 3.53. The molecule has 2 heterocycles. The van der Waals surface area contributed by atoms with E-state index < -0.39 is 0 Å². The van der Waals surface area contributed by atoms with Gasteiger partial charge >= 0.3 is 0 Å². The van der Waals surface area contributed by atoms with Crippen LogP contribution in [0.1, 0.15) is 18.4 Å². The smallest absolute Gasteiger partial charge is 0.0495 e. The molecule has 3 heteroatoms. The highest BCUT2D eigenvalue weighted by atomic mass is 16.5. The van der Waals surface area contributed by atoms with Crippen molar-refractivity contribution in [2.75, 3.05) is 50.8 Å². The van der Waals surface area contributed by atoms with Crippen molar-refractivity contribution in [1.82, 2.24) is 4.90 Å². The summed E-state index contributed by atoms with van der Waals surface area (Å²) >= 11 is 0. The Morgan fingerprint density at radius 3 is 2.75 bits per heavy atom. The SMILES string of the molecule is Cc1cccc(N2CCN(CC[C@@H]3CCOC3)CC2)c1. The van der Waals surface area contributed by atoms with Crippen molar-refractivity contribution in [1.29, 1.82) is 0 Å². The van der Waals surface area contributed by atoms with Gasteiger partial charge in [0.05, 0.1) is 0 Å². The number of ether oxygens (including phenoxy) is 1. The van der Waals surface area contributed by atoms with Crippen LogP contribution in [-0.4, -0.2) is 50.8 Å². The van der Waals surface area contributed by atoms with Gasteiger partial charge in [-0.1, -0.05) is 12.1 Å². The van der Waals surface area contributed by atoms with Crippen LogP contribution in [0, 0.1) is 12.8 Å². The summed E-state index contributed by atoms with van der Waals surface area (Å²) < 4.78 is 5.46. The average Bonchev–Trinajstić information content (AvgIpc) is 2.99. The van der Waals surface area contributed by atoms with Gasteiger partial charge in [-0.3, -0.25) is 4.90 Å². The van der Waals surface area contributed by atoms with Crippen molar-refractivity contribution in [3.63, 3.8) is 0 Å². The molecule has 0 radical (unpaired) electrons. The minimum atomic E-state index is 0.810. The molecule has 2 saturated heterocycles. The fourth-order valence-electron chi connectivity index (χ4n) is 3.23. The molecule has 0 bridgehead atoms. The van der Waals surface area contributed by atoms with Crippen molar-refractivity contribution in [2.45, 2.75) is 19.8 Å². The van der Waals surface area contributed by atoms with E-state index in [1.54, 1.807) is 0 Å². The monoisotopic (exact) mass is 274 g/mol. The first kappa shape index (κ1) is 13.9. The molecule has 2 fully saturated rings. The maximum absolute atomic E-state index is 5.46. The Bertz CT molecular complexity index is 421. The molecule has 1 aromatic rings. The van der Waals surface area contributed by atoms with Gasteiger partial charge in [0.15, 0.2) is 0 Å². The Morgan fingerprint density at radius 2 is 2.05 bits per heavy atom. The van der Waals surface area contributed by atoms with Crippen LogP contribution in [0.4, 0.5) is 5.69 Å². The molecule has 20 heavy (non-hydrogen) atoms. The standard InChI is InChI=1S/C17H26N2O/c1-15-3-2-4-17(13-15)19-10-8-18(9-11-19)7-5-16-6-12-20-14-16/h2-4,13,16H,5-12,14H2,1H3/t16-/m1/s1. The van der Waals surface area contributed by atoms with Gasteiger partial charge in [0.1, 0.15) is 0 Å². The van der Waals surface area contributed by atoms with Gasteiger partial charge < -0.3 is 9.64 Å². The van der Waals surface area contributed by atoms with Crippen LogP contribution in [0.25, 0.3) is 0 Å². The Hall–Kier alpha value is -1.06. The van der Waals surface area contributed by atoms with E-state index in [0.29, 0.717) is 0 Å². The molecule has 0 saturated carbocycles. The first-order valence-corrected chi connectivity index (χ1v) is 7.93. The predicted molar refractivity (Wildman–Crippen MR) is 83.4 cm³/mol. The molecule has 3 nitrogen and oxygen atoms in total.